The van der Waals surface area contributed by atoms with E-state index in [2.05, 4.69) is 52.4 Å². The van der Waals surface area contributed by atoms with Crippen LogP contribution < -0.4 is 5.32 Å². The van der Waals surface area contributed by atoms with Gasteiger partial charge in [-0.25, -0.2) is 0 Å². The topological polar surface area (TPSA) is 52.7 Å². The van der Waals surface area contributed by atoms with E-state index in [0.29, 0.717) is 12.5 Å². The third-order valence-electron chi connectivity index (χ3n) is 6.52. The van der Waals surface area contributed by atoms with Gasteiger partial charge in [0.1, 0.15) is 0 Å². The molecule has 1 N–H and O–H groups in total. The largest absolute Gasteiger partial charge is 0.343 e. The Labute approximate surface area is 189 Å². The van der Waals surface area contributed by atoms with Crippen molar-refractivity contribution in [2.75, 3.05) is 32.7 Å². The number of carbonyl (C=O) groups excluding carboxylic acids is 2. The zero-order chi connectivity index (χ0) is 21.6. The Kier molecular flexibility index (Phi) is 7.41. The third-order valence-corrected chi connectivity index (χ3v) is 7.45. The second kappa shape index (κ2) is 10.4. The molecule has 2 aliphatic heterocycles. The molecule has 0 saturated carbocycles. The molecular weight excluding hydrogens is 406 g/mol. The smallest absolute Gasteiger partial charge is 0.234 e. The van der Waals surface area contributed by atoms with Crippen LogP contribution in [0.2, 0.25) is 0 Å². The van der Waals surface area contributed by atoms with Crippen LogP contribution in [0.1, 0.15) is 54.1 Å². The fraction of sp³-hybridized carbons (Fsp3) is 0.520. The fourth-order valence-electron chi connectivity index (χ4n) is 4.65. The highest BCUT2D eigenvalue weighted by Gasteiger charge is 2.30. The van der Waals surface area contributed by atoms with Crippen molar-refractivity contribution in [3.8, 4) is 0 Å². The average Bonchev–Trinajstić information content (AvgIpc) is 3.33. The molecule has 31 heavy (non-hydrogen) atoms. The third kappa shape index (κ3) is 5.74. The van der Waals surface area contributed by atoms with Crippen molar-refractivity contribution in [3.63, 3.8) is 0 Å². The second-order valence-corrected chi connectivity index (χ2v) is 9.84. The first-order valence-electron chi connectivity index (χ1n) is 11.5. The van der Waals surface area contributed by atoms with E-state index >= 15 is 0 Å². The molecule has 0 bridgehead atoms. The van der Waals surface area contributed by atoms with Crippen LogP contribution in [0, 0.1) is 12.8 Å². The lowest BCUT2D eigenvalue weighted by Crippen LogP contribution is -2.46. The van der Waals surface area contributed by atoms with Gasteiger partial charge in [0, 0.05) is 23.9 Å². The maximum Gasteiger partial charge on any atom is 0.234 e. The second-order valence-electron chi connectivity index (χ2n) is 8.86. The number of nitrogens with one attached hydrogen (secondary N) is 1. The van der Waals surface area contributed by atoms with E-state index in [1.165, 1.54) is 12.0 Å². The molecule has 0 aliphatic carbocycles. The van der Waals surface area contributed by atoms with Gasteiger partial charge >= 0.3 is 0 Å². The lowest BCUT2D eigenvalue weighted by Gasteiger charge is -2.35. The van der Waals surface area contributed by atoms with Crippen molar-refractivity contribution in [1.29, 1.82) is 0 Å². The number of piperidine rings is 2. The molecular formula is C25H33N3O2S. The first-order valence-corrected chi connectivity index (χ1v) is 12.4. The number of thiophene rings is 1. The summed E-state index contributed by atoms with van der Waals surface area (Å²) in [5.74, 6) is 0.504. The number of nitrogens with zero attached hydrogens (tertiary/aromatic N) is 2. The van der Waals surface area contributed by atoms with Crippen molar-refractivity contribution >= 4 is 23.2 Å². The molecule has 166 valence electrons. The molecule has 1 unspecified atom stereocenters. The van der Waals surface area contributed by atoms with E-state index < -0.39 is 0 Å². The van der Waals surface area contributed by atoms with Crippen molar-refractivity contribution < 1.29 is 9.59 Å². The van der Waals surface area contributed by atoms with E-state index in [4.69, 9.17) is 0 Å². The summed E-state index contributed by atoms with van der Waals surface area (Å²) < 4.78 is 0. The number of likely N-dealkylation sites (tertiary alicyclic amines) is 2. The SMILES string of the molecule is Cc1ccc(C(NC(=O)CN2CCC(C(=O)N3CCCCC3)CC2)c2cccs2)cc1. The predicted octanol–water partition coefficient (Wildman–Crippen LogP) is 3.99. The Morgan fingerprint density at radius 3 is 2.39 bits per heavy atom. The molecule has 2 aliphatic rings. The quantitative estimate of drug-likeness (QED) is 0.741. The molecule has 3 heterocycles. The summed E-state index contributed by atoms with van der Waals surface area (Å²) in [5, 5.41) is 5.29. The summed E-state index contributed by atoms with van der Waals surface area (Å²) in [6.45, 7) is 5.92. The van der Waals surface area contributed by atoms with Gasteiger partial charge in [-0.2, -0.15) is 0 Å². The molecule has 2 amide bonds. The number of hydrogen-bond acceptors (Lipinski definition) is 4. The van der Waals surface area contributed by atoms with Crippen LogP contribution in [0.25, 0.3) is 0 Å². The van der Waals surface area contributed by atoms with Crippen LogP contribution in [0.15, 0.2) is 41.8 Å². The van der Waals surface area contributed by atoms with Crippen LogP contribution in [0.5, 0.6) is 0 Å². The summed E-state index contributed by atoms with van der Waals surface area (Å²) in [5.41, 5.74) is 2.31. The number of hydrogen-bond donors (Lipinski definition) is 1. The monoisotopic (exact) mass is 439 g/mol. The van der Waals surface area contributed by atoms with Gasteiger partial charge in [0.25, 0.3) is 0 Å². The lowest BCUT2D eigenvalue weighted by atomic mass is 9.94. The zero-order valence-corrected chi connectivity index (χ0v) is 19.2. The highest BCUT2D eigenvalue weighted by atomic mass is 32.1. The van der Waals surface area contributed by atoms with Crippen LogP contribution >= 0.6 is 11.3 Å². The lowest BCUT2D eigenvalue weighted by molar-refractivity contribution is -0.138. The van der Waals surface area contributed by atoms with E-state index in [0.717, 1.165) is 62.3 Å². The normalized spacial score (nSPS) is 19.2. The molecule has 1 atom stereocenters. The Bertz CT molecular complexity index is 851. The molecule has 0 spiro atoms. The van der Waals surface area contributed by atoms with E-state index in [-0.39, 0.29) is 17.9 Å². The van der Waals surface area contributed by atoms with E-state index in [1.807, 2.05) is 11.4 Å². The van der Waals surface area contributed by atoms with Gasteiger partial charge in [-0.15, -0.1) is 11.3 Å². The minimum Gasteiger partial charge on any atom is -0.343 e. The molecule has 0 radical (unpaired) electrons. The highest BCUT2D eigenvalue weighted by Crippen LogP contribution is 2.27. The summed E-state index contributed by atoms with van der Waals surface area (Å²) >= 11 is 1.66. The number of benzene rings is 1. The molecule has 2 fully saturated rings. The summed E-state index contributed by atoms with van der Waals surface area (Å²) in [6, 6.07) is 12.4. The van der Waals surface area contributed by atoms with E-state index in [9.17, 15) is 9.59 Å². The first-order chi connectivity index (χ1) is 15.1. The average molecular weight is 440 g/mol. The maximum absolute atomic E-state index is 12.9. The number of rotatable bonds is 6. The van der Waals surface area contributed by atoms with Crippen molar-refractivity contribution in [1.82, 2.24) is 15.1 Å². The van der Waals surface area contributed by atoms with Gasteiger partial charge in [-0.05, 0) is 69.1 Å². The van der Waals surface area contributed by atoms with Crippen LogP contribution in [-0.2, 0) is 9.59 Å². The fourth-order valence-corrected chi connectivity index (χ4v) is 5.46. The van der Waals surface area contributed by atoms with Gasteiger partial charge in [0.15, 0.2) is 0 Å². The summed E-state index contributed by atoms with van der Waals surface area (Å²) in [6.07, 6.45) is 5.23. The Hall–Kier alpha value is -2.18. The highest BCUT2D eigenvalue weighted by molar-refractivity contribution is 7.10. The van der Waals surface area contributed by atoms with Crippen LogP contribution in [0.4, 0.5) is 0 Å². The minimum absolute atomic E-state index is 0.0415. The van der Waals surface area contributed by atoms with E-state index in [1.54, 1.807) is 11.3 Å². The standard InChI is InChI=1S/C25H33N3O2S/c1-19-7-9-20(10-8-19)24(22-6-5-17-31-22)26-23(29)18-27-15-11-21(12-16-27)25(30)28-13-3-2-4-14-28/h5-10,17,21,24H,2-4,11-16,18H2,1H3,(H,26,29). The Morgan fingerprint density at radius 1 is 1.03 bits per heavy atom. The number of aryl methyl sites for hydroxylation is 1. The van der Waals surface area contributed by atoms with Gasteiger partial charge < -0.3 is 10.2 Å². The van der Waals surface area contributed by atoms with Crippen molar-refractivity contribution in [3.05, 3.63) is 57.8 Å². The predicted molar refractivity (Wildman–Crippen MR) is 125 cm³/mol. The van der Waals surface area contributed by atoms with Gasteiger partial charge in [-0.3, -0.25) is 14.5 Å². The summed E-state index contributed by atoms with van der Waals surface area (Å²) in [4.78, 5) is 31.1. The Morgan fingerprint density at radius 2 is 1.74 bits per heavy atom. The molecule has 1 aromatic carbocycles. The molecule has 6 heteroatoms. The molecule has 1 aromatic heterocycles. The number of carbonyl (C=O) groups is 2. The van der Waals surface area contributed by atoms with Crippen LogP contribution in [-0.4, -0.2) is 54.3 Å². The molecule has 4 rings (SSSR count). The summed E-state index contributed by atoms with van der Waals surface area (Å²) in [7, 11) is 0. The first kappa shape index (κ1) is 22.0. The minimum atomic E-state index is -0.119. The van der Waals surface area contributed by atoms with Crippen molar-refractivity contribution in [2.45, 2.75) is 45.1 Å². The molecule has 5 nitrogen and oxygen atoms in total. The maximum atomic E-state index is 12.9. The number of amides is 2. The Balaban J connectivity index is 1.30. The van der Waals surface area contributed by atoms with Crippen molar-refractivity contribution in [2.24, 2.45) is 5.92 Å². The van der Waals surface area contributed by atoms with Gasteiger partial charge in [0.2, 0.25) is 11.8 Å². The molecule has 2 saturated heterocycles. The zero-order valence-electron chi connectivity index (χ0n) is 18.4. The van der Waals surface area contributed by atoms with Gasteiger partial charge in [-0.1, -0.05) is 35.9 Å². The molecule has 2 aromatic rings. The van der Waals surface area contributed by atoms with Gasteiger partial charge in [0.05, 0.1) is 12.6 Å². The van der Waals surface area contributed by atoms with Crippen LogP contribution in [0.3, 0.4) is 0 Å².